The number of aliphatic hydroxyl groups excluding tert-OH is 2. The van der Waals surface area contributed by atoms with Crippen molar-refractivity contribution in [2.24, 2.45) is 0 Å². The summed E-state index contributed by atoms with van der Waals surface area (Å²) in [5.41, 5.74) is -3.37. The summed E-state index contributed by atoms with van der Waals surface area (Å²) in [6.07, 6.45) is -4.30. The molecule has 1 aromatic heterocycles. The summed E-state index contributed by atoms with van der Waals surface area (Å²) in [5.74, 6) is 0. The molecule has 1 aliphatic heterocycles. The van der Waals surface area contributed by atoms with Gasteiger partial charge in [-0.2, -0.15) is 0 Å². The lowest BCUT2D eigenvalue weighted by molar-refractivity contribution is -0.147. The summed E-state index contributed by atoms with van der Waals surface area (Å²) >= 11 is 0. The highest BCUT2D eigenvalue weighted by Gasteiger charge is 2.59. The Morgan fingerprint density at radius 2 is 1.61 bits per heavy atom. The molecule has 1 aliphatic rings. The predicted octanol–water partition coefficient (Wildman–Crippen LogP) is 1.07. The van der Waals surface area contributed by atoms with Crippen molar-refractivity contribution < 1.29 is 23.8 Å². The van der Waals surface area contributed by atoms with Crippen molar-refractivity contribution in [1.29, 1.82) is 0 Å². The van der Waals surface area contributed by atoms with E-state index in [2.05, 4.69) is 25.8 Å². The molecule has 0 bridgehead atoms. The molecule has 1 fully saturated rings. The standard InChI is InChI=1S/C26H31FN2O6Si/c1-25(2,3)36(18-10-6-4-7-11-18,19-12-8-5-9-13-19)34-17-26(16-30)22(32)21(27)23(35-26)29-15-14-20(31)28-24(29)33/h4-15,21-23,30,32H,16-17H2,1-3H3,(H,28,31,33)/t21-,22+,23-,26-/m1/s1. The van der Waals surface area contributed by atoms with Gasteiger partial charge in [-0.25, -0.2) is 9.18 Å². The third kappa shape index (κ3) is 4.39. The van der Waals surface area contributed by atoms with Gasteiger partial charge in [-0.3, -0.25) is 14.3 Å². The Kier molecular flexibility index (Phi) is 7.18. The van der Waals surface area contributed by atoms with E-state index in [9.17, 15) is 19.8 Å². The lowest BCUT2D eigenvalue weighted by atomic mass is 9.98. The van der Waals surface area contributed by atoms with Crippen LogP contribution in [-0.4, -0.2) is 59.2 Å². The maximum atomic E-state index is 15.3. The highest BCUT2D eigenvalue weighted by Crippen LogP contribution is 2.42. The maximum Gasteiger partial charge on any atom is 0.330 e. The second kappa shape index (κ2) is 9.87. The molecule has 4 rings (SSSR count). The van der Waals surface area contributed by atoms with Gasteiger partial charge in [0.15, 0.2) is 12.4 Å². The third-order valence-corrected chi connectivity index (χ3v) is 11.8. The van der Waals surface area contributed by atoms with Gasteiger partial charge in [0, 0.05) is 12.3 Å². The number of rotatable bonds is 7. The zero-order chi connectivity index (χ0) is 26.1. The summed E-state index contributed by atoms with van der Waals surface area (Å²) in [6, 6.07) is 20.5. The fourth-order valence-electron chi connectivity index (χ4n) is 4.95. The zero-order valence-corrected chi connectivity index (χ0v) is 21.4. The summed E-state index contributed by atoms with van der Waals surface area (Å²) in [6.45, 7) is 5.13. The zero-order valence-electron chi connectivity index (χ0n) is 20.4. The first-order valence-corrected chi connectivity index (χ1v) is 13.6. The number of alkyl halides is 1. The number of benzene rings is 2. The average molecular weight is 515 g/mol. The minimum absolute atomic E-state index is 0.326. The number of nitrogens with zero attached hydrogens (tertiary/aromatic N) is 1. The predicted molar refractivity (Wildman–Crippen MR) is 136 cm³/mol. The van der Waals surface area contributed by atoms with E-state index in [1.807, 2.05) is 60.7 Å². The largest absolute Gasteiger partial charge is 0.404 e. The van der Waals surface area contributed by atoms with E-state index in [-0.39, 0.29) is 6.61 Å². The second-order valence-electron chi connectivity index (χ2n) is 10.1. The van der Waals surface area contributed by atoms with Crippen LogP contribution in [0.15, 0.2) is 82.5 Å². The fourth-order valence-corrected chi connectivity index (χ4v) is 9.56. The topological polar surface area (TPSA) is 114 Å². The molecule has 0 radical (unpaired) electrons. The number of aliphatic hydroxyl groups is 2. The van der Waals surface area contributed by atoms with Gasteiger partial charge in [0.25, 0.3) is 13.9 Å². The number of ether oxygens (including phenoxy) is 1. The van der Waals surface area contributed by atoms with Gasteiger partial charge in [0.05, 0.1) is 13.2 Å². The molecule has 0 aliphatic carbocycles. The number of aromatic amines is 1. The number of aromatic nitrogens is 2. The number of hydrogen-bond donors (Lipinski definition) is 3. The molecule has 1 saturated heterocycles. The van der Waals surface area contributed by atoms with E-state index in [1.54, 1.807) is 0 Å². The average Bonchev–Trinajstić information content (AvgIpc) is 3.10. The van der Waals surface area contributed by atoms with E-state index in [0.717, 1.165) is 27.2 Å². The molecule has 2 heterocycles. The SMILES string of the molecule is CC(C)(C)[Si](OC[C@@]1(CO)O[C@@H](n2ccc(=O)[nH]c2=O)[C@H](F)[C@@H]1O)(c1ccccc1)c1ccccc1. The van der Waals surface area contributed by atoms with Crippen LogP contribution in [-0.2, 0) is 9.16 Å². The molecular weight excluding hydrogens is 483 g/mol. The van der Waals surface area contributed by atoms with Crippen LogP contribution >= 0.6 is 0 Å². The quantitative estimate of drug-likeness (QED) is 0.407. The van der Waals surface area contributed by atoms with E-state index >= 15 is 4.39 Å². The van der Waals surface area contributed by atoms with Gasteiger partial charge >= 0.3 is 5.69 Å². The first kappa shape index (κ1) is 26.2. The van der Waals surface area contributed by atoms with Gasteiger partial charge < -0.3 is 19.4 Å². The Morgan fingerprint density at radius 1 is 1.06 bits per heavy atom. The molecule has 8 nitrogen and oxygen atoms in total. The van der Waals surface area contributed by atoms with E-state index in [4.69, 9.17) is 9.16 Å². The molecule has 3 N–H and O–H groups in total. The van der Waals surface area contributed by atoms with Crippen LogP contribution in [0.4, 0.5) is 4.39 Å². The van der Waals surface area contributed by atoms with Crippen molar-refractivity contribution in [1.82, 2.24) is 9.55 Å². The molecule has 0 spiro atoms. The normalized spacial score (nSPS) is 24.7. The van der Waals surface area contributed by atoms with Crippen LogP contribution < -0.4 is 21.6 Å². The molecule has 0 unspecified atom stereocenters. The Hall–Kier alpha value is -2.89. The van der Waals surface area contributed by atoms with Crippen molar-refractivity contribution >= 4 is 18.7 Å². The second-order valence-corrected chi connectivity index (χ2v) is 14.4. The minimum atomic E-state index is -3.09. The fraction of sp³-hybridized carbons (Fsp3) is 0.385. The van der Waals surface area contributed by atoms with Crippen LogP contribution in [0.3, 0.4) is 0 Å². The highest BCUT2D eigenvalue weighted by atomic mass is 28.4. The van der Waals surface area contributed by atoms with Gasteiger partial charge in [0.1, 0.15) is 11.7 Å². The number of halogens is 1. The Balaban J connectivity index is 1.77. The number of hydrogen-bond acceptors (Lipinski definition) is 6. The van der Waals surface area contributed by atoms with Crippen LogP contribution in [0.1, 0.15) is 27.0 Å². The molecule has 0 saturated carbocycles. The number of H-pyrrole nitrogens is 1. The number of nitrogens with one attached hydrogen (secondary N) is 1. The molecule has 2 aromatic carbocycles. The van der Waals surface area contributed by atoms with E-state index in [0.29, 0.717) is 0 Å². The van der Waals surface area contributed by atoms with Crippen LogP contribution in [0.25, 0.3) is 0 Å². The lowest BCUT2D eigenvalue weighted by Crippen LogP contribution is -2.68. The van der Waals surface area contributed by atoms with Gasteiger partial charge in [-0.05, 0) is 15.4 Å². The Labute approximate surface area is 209 Å². The molecule has 10 heteroatoms. The summed E-state index contributed by atoms with van der Waals surface area (Å²) < 4.78 is 28.9. The first-order valence-electron chi connectivity index (χ1n) is 11.7. The van der Waals surface area contributed by atoms with E-state index in [1.165, 1.54) is 0 Å². The first-order chi connectivity index (χ1) is 17.1. The van der Waals surface area contributed by atoms with Crippen LogP contribution in [0, 0.1) is 0 Å². The molecule has 4 atom stereocenters. The molecule has 0 amide bonds. The van der Waals surface area contributed by atoms with Gasteiger partial charge in [-0.15, -0.1) is 0 Å². The summed E-state index contributed by atoms with van der Waals surface area (Å²) in [5, 5.41) is 22.8. The van der Waals surface area contributed by atoms with E-state index < -0.39 is 55.3 Å². The van der Waals surface area contributed by atoms with Crippen molar-refractivity contribution in [3.05, 3.63) is 93.8 Å². The highest BCUT2D eigenvalue weighted by molar-refractivity contribution is 6.99. The monoisotopic (exact) mass is 514 g/mol. The molecule has 3 aromatic rings. The lowest BCUT2D eigenvalue weighted by Gasteiger charge is -2.45. The van der Waals surface area contributed by atoms with Crippen molar-refractivity contribution in [2.75, 3.05) is 13.2 Å². The van der Waals surface area contributed by atoms with Crippen molar-refractivity contribution in [3.63, 3.8) is 0 Å². The van der Waals surface area contributed by atoms with Gasteiger partial charge in [-0.1, -0.05) is 81.4 Å². The van der Waals surface area contributed by atoms with Crippen LogP contribution in [0.5, 0.6) is 0 Å². The molecule has 192 valence electrons. The summed E-state index contributed by atoms with van der Waals surface area (Å²) in [4.78, 5) is 25.8. The van der Waals surface area contributed by atoms with Crippen molar-refractivity contribution in [3.8, 4) is 0 Å². The Morgan fingerprint density at radius 3 is 2.08 bits per heavy atom. The Bertz CT molecular complexity index is 1250. The van der Waals surface area contributed by atoms with Gasteiger partial charge in [0.2, 0.25) is 0 Å². The summed E-state index contributed by atoms with van der Waals surface area (Å²) in [7, 11) is -3.09. The minimum Gasteiger partial charge on any atom is -0.404 e. The van der Waals surface area contributed by atoms with Crippen molar-refractivity contribution in [2.45, 2.75) is 49.9 Å². The molecule has 36 heavy (non-hydrogen) atoms. The maximum absolute atomic E-state index is 15.3. The smallest absolute Gasteiger partial charge is 0.330 e. The third-order valence-electron chi connectivity index (χ3n) is 6.81. The molecular formula is C26H31FN2O6Si. The van der Waals surface area contributed by atoms with Crippen LogP contribution in [0.2, 0.25) is 5.04 Å².